The number of amides is 3. The zero-order valence-electron chi connectivity index (χ0n) is 16.8. The maximum Gasteiger partial charge on any atom is 0.247 e. The van der Waals surface area contributed by atoms with Gasteiger partial charge in [0.15, 0.2) is 11.5 Å². The second-order valence-corrected chi connectivity index (χ2v) is 6.61. The van der Waals surface area contributed by atoms with Crippen molar-refractivity contribution in [1.82, 2.24) is 4.90 Å². The van der Waals surface area contributed by atoms with E-state index in [0.29, 0.717) is 29.4 Å². The highest BCUT2D eigenvalue weighted by Crippen LogP contribution is 2.32. The van der Waals surface area contributed by atoms with Crippen LogP contribution in [0, 0.1) is 0 Å². The van der Waals surface area contributed by atoms with Crippen molar-refractivity contribution in [3.05, 3.63) is 54.1 Å². The zero-order valence-corrected chi connectivity index (χ0v) is 16.8. The molecule has 0 aromatic heterocycles. The summed E-state index contributed by atoms with van der Waals surface area (Å²) in [7, 11) is 0. The minimum atomic E-state index is -0.311. The Hall–Kier alpha value is -3.81. The van der Waals surface area contributed by atoms with Crippen molar-refractivity contribution in [3.63, 3.8) is 0 Å². The summed E-state index contributed by atoms with van der Waals surface area (Å²) in [4.78, 5) is 37.3. The zero-order chi connectivity index (χ0) is 21.5. The highest BCUT2D eigenvalue weighted by Gasteiger charge is 2.15. The fourth-order valence-corrected chi connectivity index (χ4v) is 2.85. The number of carbonyl (C=O) groups is 3. The van der Waals surface area contributed by atoms with Crippen LogP contribution in [0.5, 0.6) is 11.5 Å². The van der Waals surface area contributed by atoms with Crippen molar-refractivity contribution >= 4 is 35.2 Å². The van der Waals surface area contributed by atoms with Crippen molar-refractivity contribution in [2.75, 3.05) is 30.5 Å². The molecule has 8 nitrogen and oxygen atoms in total. The third-order valence-electron chi connectivity index (χ3n) is 4.33. The molecule has 3 rings (SSSR count). The molecule has 0 spiro atoms. The molecule has 0 saturated carbocycles. The Balaban J connectivity index is 1.55. The van der Waals surface area contributed by atoms with Gasteiger partial charge in [0.1, 0.15) is 6.54 Å². The van der Waals surface area contributed by atoms with Crippen LogP contribution in [-0.2, 0) is 14.4 Å². The molecule has 2 aromatic rings. The average Bonchev–Trinajstić information content (AvgIpc) is 3.19. The fraction of sp³-hybridized carbons (Fsp3) is 0.227. The molecule has 1 aliphatic rings. The lowest BCUT2D eigenvalue weighted by Crippen LogP contribution is -2.36. The van der Waals surface area contributed by atoms with E-state index in [1.807, 2.05) is 13.0 Å². The summed E-state index contributed by atoms with van der Waals surface area (Å²) in [6.07, 6.45) is 3.10. The molecule has 156 valence electrons. The summed E-state index contributed by atoms with van der Waals surface area (Å²) >= 11 is 0. The maximum atomic E-state index is 12.5. The molecule has 0 atom stereocenters. The van der Waals surface area contributed by atoms with Gasteiger partial charge in [-0.3, -0.25) is 14.4 Å². The molecule has 2 N–H and O–H groups in total. The van der Waals surface area contributed by atoms with Gasteiger partial charge in [0, 0.05) is 30.9 Å². The number of nitrogens with zero attached hydrogens (tertiary/aromatic N) is 1. The van der Waals surface area contributed by atoms with Crippen LogP contribution < -0.4 is 20.1 Å². The number of nitrogens with one attached hydrogen (secondary N) is 2. The maximum absolute atomic E-state index is 12.5. The summed E-state index contributed by atoms with van der Waals surface area (Å²) in [5.41, 5.74) is 2.01. The van der Waals surface area contributed by atoms with E-state index in [0.717, 1.165) is 5.56 Å². The van der Waals surface area contributed by atoms with Crippen LogP contribution in [0.4, 0.5) is 11.4 Å². The topological polar surface area (TPSA) is 97.0 Å². The van der Waals surface area contributed by atoms with Gasteiger partial charge in [0.25, 0.3) is 0 Å². The van der Waals surface area contributed by atoms with Gasteiger partial charge in [-0.1, -0.05) is 6.07 Å². The number of likely N-dealkylation sites (N-methyl/N-ethyl adjacent to an activating group) is 1. The van der Waals surface area contributed by atoms with Crippen molar-refractivity contribution in [2.45, 2.75) is 13.8 Å². The summed E-state index contributed by atoms with van der Waals surface area (Å²) < 4.78 is 10.6. The van der Waals surface area contributed by atoms with Gasteiger partial charge >= 0.3 is 0 Å². The molecule has 0 fully saturated rings. The number of hydrogen-bond acceptors (Lipinski definition) is 5. The Labute approximate surface area is 174 Å². The van der Waals surface area contributed by atoms with E-state index >= 15 is 0 Å². The van der Waals surface area contributed by atoms with Crippen LogP contribution in [0.2, 0.25) is 0 Å². The summed E-state index contributed by atoms with van der Waals surface area (Å²) in [5.74, 6) is 0.564. The van der Waals surface area contributed by atoms with Gasteiger partial charge in [-0.15, -0.1) is 0 Å². The number of anilines is 2. The van der Waals surface area contributed by atoms with E-state index in [-0.39, 0.29) is 31.1 Å². The van der Waals surface area contributed by atoms with E-state index in [9.17, 15) is 14.4 Å². The van der Waals surface area contributed by atoms with E-state index < -0.39 is 0 Å². The third kappa shape index (κ3) is 5.60. The Morgan fingerprint density at radius 2 is 1.67 bits per heavy atom. The van der Waals surface area contributed by atoms with Gasteiger partial charge in [-0.2, -0.15) is 0 Å². The minimum Gasteiger partial charge on any atom is -0.454 e. The first kappa shape index (κ1) is 20.9. The molecule has 0 aliphatic carbocycles. The lowest BCUT2D eigenvalue weighted by Gasteiger charge is -2.18. The number of hydrogen-bond donors (Lipinski definition) is 2. The molecule has 0 unspecified atom stereocenters. The minimum absolute atomic E-state index is 0.0751. The summed E-state index contributed by atoms with van der Waals surface area (Å²) in [5, 5.41) is 5.40. The standard InChI is InChI=1S/C22H23N3O5/c1-3-25(13-21(27)24-18-8-6-17(7-9-18)23-15(2)26)22(28)11-5-16-4-10-19-20(12-16)30-14-29-19/h4-12H,3,13-14H2,1-2H3,(H,23,26)(H,24,27)/b11-5+. The number of ether oxygens (including phenoxy) is 2. The lowest BCUT2D eigenvalue weighted by molar-refractivity contribution is -0.130. The first-order chi connectivity index (χ1) is 14.4. The molecular weight excluding hydrogens is 386 g/mol. The second-order valence-electron chi connectivity index (χ2n) is 6.61. The number of rotatable bonds is 7. The van der Waals surface area contributed by atoms with Crippen molar-refractivity contribution in [3.8, 4) is 11.5 Å². The van der Waals surface area contributed by atoms with Crippen LogP contribution in [0.1, 0.15) is 19.4 Å². The number of fused-ring (bicyclic) bond motifs is 1. The Kier molecular flexibility index (Phi) is 6.69. The van der Waals surface area contributed by atoms with E-state index in [1.165, 1.54) is 17.9 Å². The number of carbonyl (C=O) groups excluding carboxylic acids is 3. The molecule has 1 aliphatic heterocycles. The van der Waals surface area contributed by atoms with Crippen molar-refractivity contribution < 1.29 is 23.9 Å². The van der Waals surface area contributed by atoms with Gasteiger partial charge < -0.3 is 25.0 Å². The predicted octanol–water partition coefficient (Wildman–Crippen LogP) is 2.87. The van der Waals surface area contributed by atoms with Crippen LogP contribution in [0.3, 0.4) is 0 Å². The molecule has 8 heteroatoms. The number of benzene rings is 2. The van der Waals surface area contributed by atoms with Gasteiger partial charge in [0.05, 0.1) is 0 Å². The summed E-state index contributed by atoms with van der Waals surface area (Å²) in [6, 6.07) is 12.1. The molecular formula is C22H23N3O5. The molecule has 1 heterocycles. The van der Waals surface area contributed by atoms with E-state index in [4.69, 9.17) is 9.47 Å². The highest BCUT2D eigenvalue weighted by molar-refractivity contribution is 5.98. The van der Waals surface area contributed by atoms with Gasteiger partial charge in [-0.05, 0) is 55.0 Å². The molecule has 0 saturated heterocycles. The molecule has 30 heavy (non-hydrogen) atoms. The third-order valence-corrected chi connectivity index (χ3v) is 4.33. The second kappa shape index (κ2) is 9.60. The largest absolute Gasteiger partial charge is 0.454 e. The Morgan fingerprint density at radius 3 is 2.33 bits per heavy atom. The van der Waals surface area contributed by atoms with Crippen LogP contribution in [0.15, 0.2) is 48.5 Å². The van der Waals surface area contributed by atoms with Crippen LogP contribution in [0.25, 0.3) is 6.08 Å². The van der Waals surface area contributed by atoms with Crippen LogP contribution in [-0.4, -0.2) is 42.5 Å². The lowest BCUT2D eigenvalue weighted by atomic mass is 10.2. The van der Waals surface area contributed by atoms with Crippen molar-refractivity contribution in [1.29, 1.82) is 0 Å². The molecule has 2 aromatic carbocycles. The molecule has 0 radical (unpaired) electrons. The quantitative estimate of drug-likeness (QED) is 0.686. The fourth-order valence-electron chi connectivity index (χ4n) is 2.85. The molecule has 3 amide bonds. The summed E-state index contributed by atoms with van der Waals surface area (Å²) in [6.45, 7) is 3.73. The van der Waals surface area contributed by atoms with Crippen LogP contribution >= 0.6 is 0 Å². The van der Waals surface area contributed by atoms with E-state index in [2.05, 4.69) is 10.6 Å². The van der Waals surface area contributed by atoms with E-state index in [1.54, 1.807) is 42.5 Å². The normalized spacial score (nSPS) is 11.9. The first-order valence-corrected chi connectivity index (χ1v) is 9.48. The smallest absolute Gasteiger partial charge is 0.247 e. The average molecular weight is 409 g/mol. The van der Waals surface area contributed by atoms with Crippen molar-refractivity contribution in [2.24, 2.45) is 0 Å². The first-order valence-electron chi connectivity index (χ1n) is 9.48. The van der Waals surface area contributed by atoms with Gasteiger partial charge in [0.2, 0.25) is 24.5 Å². The van der Waals surface area contributed by atoms with Gasteiger partial charge in [-0.25, -0.2) is 0 Å². The Morgan fingerprint density at radius 1 is 1.00 bits per heavy atom. The monoisotopic (exact) mass is 409 g/mol. The predicted molar refractivity (Wildman–Crippen MR) is 113 cm³/mol. The molecule has 0 bridgehead atoms. The highest BCUT2D eigenvalue weighted by atomic mass is 16.7. The SMILES string of the molecule is CCN(CC(=O)Nc1ccc(NC(C)=O)cc1)C(=O)/C=C/c1ccc2c(c1)OCO2. The Bertz CT molecular complexity index is 969.